The van der Waals surface area contributed by atoms with Crippen LogP contribution in [-0.4, -0.2) is 15.9 Å². The number of rotatable bonds is 3. The van der Waals surface area contributed by atoms with E-state index < -0.39 is 17.5 Å². The zero-order chi connectivity index (χ0) is 14.7. The van der Waals surface area contributed by atoms with E-state index in [0.29, 0.717) is 5.56 Å². The Morgan fingerprint density at radius 1 is 1.25 bits per heavy atom. The van der Waals surface area contributed by atoms with Crippen molar-refractivity contribution in [3.05, 3.63) is 59.4 Å². The number of nitrogens with one attached hydrogen (secondary N) is 1. The summed E-state index contributed by atoms with van der Waals surface area (Å²) in [5.41, 5.74) is 5.69. The van der Waals surface area contributed by atoms with Crippen molar-refractivity contribution in [3.63, 3.8) is 0 Å². The SMILES string of the molecule is NC(=S)c1ccc(C(=O)Nc2cc(F)ccc2F)nc1. The number of hydrogen-bond acceptors (Lipinski definition) is 3. The average molecular weight is 293 g/mol. The number of anilines is 1. The minimum absolute atomic E-state index is 0.0358. The normalized spacial score (nSPS) is 10.1. The number of thiocarbonyl (C=S) groups is 1. The molecule has 0 fully saturated rings. The number of carbonyl (C=O) groups is 1. The third-order valence-electron chi connectivity index (χ3n) is 2.46. The number of pyridine rings is 1. The van der Waals surface area contributed by atoms with Gasteiger partial charge in [0.15, 0.2) is 0 Å². The zero-order valence-corrected chi connectivity index (χ0v) is 10.9. The topological polar surface area (TPSA) is 68.0 Å². The molecule has 0 atom stereocenters. The summed E-state index contributed by atoms with van der Waals surface area (Å²) in [5, 5.41) is 2.24. The van der Waals surface area contributed by atoms with Crippen molar-refractivity contribution in [2.45, 2.75) is 0 Å². The van der Waals surface area contributed by atoms with Crippen LogP contribution in [0.5, 0.6) is 0 Å². The van der Waals surface area contributed by atoms with Gasteiger partial charge in [0, 0.05) is 17.8 Å². The standard InChI is InChI=1S/C13H9F2N3OS/c14-8-2-3-9(15)11(5-8)18-13(19)10-4-1-7(6-17-10)12(16)20/h1-6H,(H2,16,20)(H,18,19). The van der Waals surface area contributed by atoms with Gasteiger partial charge in [0.25, 0.3) is 5.91 Å². The van der Waals surface area contributed by atoms with Crippen LogP contribution in [0.25, 0.3) is 0 Å². The molecule has 0 saturated heterocycles. The van der Waals surface area contributed by atoms with E-state index in [0.717, 1.165) is 18.2 Å². The molecule has 0 bridgehead atoms. The van der Waals surface area contributed by atoms with Crippen LogP contribution in [0.1, 0.15) is 16.1 Å². The highest BCUT2D eigenvalue weighted by Crippen LogP contribution is 2.16. The summed E-state index contributed by atoms with van der Waals surface area (Å²) in [6.45, 7) is 0. The number of hydrogen-bond donors (Lipinski definition) is 2. The Morgan fingerprint density at radius 3 is 2.60 bits per heavy atom. The highest BCUT2D eigenvalue weighted by atomic mass is 32.1. The Hall–Kier alpha value is -2.41. The van der Waals surface area contributed by atoms with E-state index in [2.05, 4.69) is 10.3 Å². The van der Waals surface area contributed by atoms with E-state index in [1.54, 1.807) is 0 Å². The Labute approximate surface area is 118 Å². The highest BCUT2D eigenvalue weighted by molar-refractivity contribution is 7.80. The van der Waals surface area contributed by atoms with Gasteiger partial charge in [0.1, 0.15) is 22.3 Å². The Morgan fingerprint density at radius 2 is 2.00 bits per heavy atom. The summed E-state index contributed by atoms with van der Waals surface area (Å²) >= 11 is 4.75. The van der Waals surface area contributed by atoms with E-state index in [-0.39, 0.29) is 16.4 Å². The first kappa shape index (κ1) is 14.0. The zero-order valence-electron chi connectivity index (χ0n) is 10.1. The minimum Gasteiger partial charge on any atom is -0.389 e. The molecule has 0 saturated carbocycles. The summed E-state index contributed by atoms with van der Waals surface area (Å²) in [6.07, 6.45) is 1.33. The number of aromatic nitrogens is 1. The molecular weight excluding hydrogens is 284 g/mol. The minimum atomic E-state index is -0.737. The molecular formula is C13H9F2N3OS. The first-order chi connectivity index (χ1) is 9.47. The molecule has 0 aliphatic heterocycles. The summed E-state index contributed by atoms with van der Waals surface area (Å²) in [6, 6.07) is 5.68. The largest absolute Gasteiger partial charge is 0.389 e. The summed E-state index contributed by atoms with van der Waals surface area (Å²) in [4.78, 5) is 15.8. The molecule has 0 radical (unpaired) electrons. The molecule has 4 nitrogen and oxygen atoms in total. The lowest BCUT2D eigenvalue weighted by atomic mass is 10.2. The van der Waals surface area contributed by atoms with Crippen molar-refractivity contribution in [2.24, 2.45) is 5.73 Å². The number of nitrogens with two attached hydrogens (primary N) is 1. The molecule has 0 unspecified atom stereocenters. The molecule has 0 aliphatic carbocycles. The lowest BCUT2D eigenvalue weighted by Crippen LogP contribution is -2.16. The molecule has 102 valence electrons. The second-order valence-corrected chi connectivity index (χ2v) is 4.31. The molecule has 0 aliphatic rings. The maximum Gasteiger partial charge on any atom is 0.274 e. The number of nitrogens with zero attached hydrogens (tertiary/aromatic N) is 1. The van der Waals surface area contributed by atoms with E-state index in [1.165, 1.54) is 18.3 Å². The molecule has 1 aromatic heterocycles. The maximum atomic E-state index is 13.4. The van der Waals surface area contributed by atoms with Gasteiger partial charge in [-0.3, -0.25) is 9.78 Å². The number of halogens is 2. The van der Waals surface area contributed by atoms with E-state index in [4.69, 9.17) is 18.0 Å². The Bertz CT molecular complexity index is 674. The molecule has 3 N–H and O–H groups in total. The molecule has 2 rings (SSSR count). The summed E-state index contributed by atoms with van der Waals surface area (Å²) < 4.78 is 26.4. The Balaban J connectivity index is 2.19. The van der Waals surface area contributed by atoms with Crippen LogP contribution in [0.3, 0.4) is 0 Å². The van der Waals surface area contributed by atoms with Crippen molar-refractivity contribution in [1.82, 2.24) is 4.98 Å². The van der Waals surface area contributed by atoms with Crippen LogP contribution in [-0.2, 0) is 0 Å². The number of amides is 1. The lowest BCUT2D eigenvalue weighted by molar-refractivity contribution is 0.102. The van der Waals surface area contributed by atoms with Gasteiger partial charge in [-0.05, 0) is 24.3 Å². The van der Waals surface area contributed by atoms with Crippen molar-refractivity contribution in [1.29, 1.82) is 0 Å². The van der Waals surface area contributed by atoms with Gasteiger partial charge in [-0.15, -0.1) is 0 Å². The fourth-order valence-corrected chi connectivity index (χ4v) is 1.57. The molecule has 1 aromatic carbocycles. The Kier molecular flexibility index (Phi) is 3.99. The molecule has 20 heavy (non-hydrogen) atoms. The molecule has 0 spiro atoms. The predicted octanol–water partition coefficient (Wildman–Crippen LogP) is 2.25. The summed E-state index contributed by atoms with van der Waals surface area (Å²) in [5.74, 6) is -2.05. The first-order valence-electron chi connectivity index (χ1n) is 5.49. The van der Waals surface area contributed by atoms with E-state index in [9.17, 15) is 13.6 Å². The molecule has 7 heteroatoms. The maximum absolute atomic E-state index is 13.4. The molecule has 1 heterocycles. The average Bonchev–Trinajstić information content (AvgIpc) is 2.43. The van der Waals surface area contributed by atoms with Crippen LogP contribution in [0.2, 0.25) is 0 Å². The summed E-state index contributed by atoms with van der Waals surface area (Å²) in [7, 11) is 0. The van der Waals surface area contributed by atoms with Gasteiger partial charge in [-0.2, -0.15) is 0 Å². The fraction of sp³-hybridized carbons (Fsp3) is 0. The van der Waals surface area contributed by atoms with Gasteiger partial charge in [0.2, 0.25) is 0 Å². The van der Waals surface area contributed by atoms with Crippen LogP contribution < -0.4 is 11.1 Å². The third-order valence-corrected chi connectivity index (χ3v) is 2.69. The first-order valence-corrected chi connectivity index (χ1v) is 5.90. The van der Waals surface area contributed by atoms with Gasteiger partial charge in [-0.1, -0.05) is 12.2 Å². The van der Waals surface area contributed by atoms with Crippen molar-refractivity contribution in [2.75, 3.05) is 5.32 Å². The van der Waals surface area contributed by atoms with Crippen LogP contribution in [0.15, 0.2) is 36.5 Å². The van der Waals surface area contributed by atoms with Crippen molar-refractivity contribution >= 4 is 28.8 Å². The van der Waals surface area contributed by atoms with Crippen molar-refractivity contribution in [3.8, 4) is 0 Å². The van der Waals surface area contributed by atoms with Crippen LogP contribution in [0, 0.1) is 11.6 Å². The smallest absolute Gasteiger partial charge is 0.274 e. The van der Waals surface area contributed by atoms with Gasteiger partial charge in [-0.25, -0.2) is 8.78 Å². The second-order valence-electron chi connectivity index (χ2n) is 3.87. The highest BCUT2D eigenvalue weighted by Gasteiger charge is 2.11. The third kappa shape index (κ3) is 3.12. The lowest BCUT2D eigenvalue weighted by Gasteiger charge is -2.06. The predicted molar refractivity (Wildman–Crippen MR) is 74.4 cm³/mol. The fourth-order valence-electron chi connectivity index (χ4n) is 1.45. The van der Waals surface area contributed by atoms with Crippen LogP contribution >= 0.6 is 12.2 Å². The van der Waals surface area contributed by atoms with E-state index >= 15 is 0 Å². The monoisotopic (exact) mass is 293 g/mol. The van der Waals surface area contributed by atoms with Crippen LogP contribution in [0.4, 0.5) is 14.5 Å². The van der Waals surface area contributed by atoms with Gasteiger partial charge in [0.05, 0.1) is 5.69 Å². The molecule has 2 aromatic rings. The van der Waals surface area contributed by atoms with E-state index in [1.807, 2.05) is 0 Å². The van der Waals surface area contributed by atoms with Crippen molar-refractivity contribution < 1.29 is 13.6 Å². The second kappa shape index (κ2) is 5.70. The number of carbonyl (C=O) groups excluding carboxylic acids is 1. The van der Waals surface area contributed by atoms with Gasteiger partial charge < -0.3 is 11.1 Å². The quantitative estimate of drug-likeness (QED) is 0.852. The van der Waals surface area contributed by atoms with Gasteiger partial charge >= 0.3 is 0 Å². The number of benzene rings is 1. The molecule has 1 amide bonds.